The summed E-state index contributed by atoms with van der Waals surface area (Å²) in [6.45, 7) is 4.85. The normalized spacial score (nSPS) is 38.4. The maximum absolute atomic E-state index is 2.49. The molecule has 164 valence electrons. The zero-order valence-corrected chi connectivity index (χ0v) is 19.6. The molecule has 3 fully saturated rings. The number of hydrogen-bond donors (Lipinski definition) is 0. The van der Waals surface area contributed by atoms with Crippen LogP contribution in [0.4, 0.5) is 0 Å². The first-order valence-corrected chi connectivity index (χ1v) is 13.8. The van der Waals surface area contributed by atoms with Crippen molar-refractivity contribution in [2.75, 3.05) is 0 Å². The smallest absolute Gasteiger partial charge is 0.0357 e. The largest absolute Gasteiger partial charge is 0.0654 e. The zero-order valence-electron chi connectivity index (χ0n) is 19.6. The fraction of sp³-hybridized carbons (Fsp3) is 1.00. The molecule has 3 saturated carbocycles. The lowest BCUT2D eigenvalue weighted by atomic mass is 9.63. The van der Waals surface area contributed by atoms with Crippen LogP contribution in [0, 0.1) is 35.5 Å². The van der Waals surface area contributed by atoms with Gasteiger partial charge in [0, 0.05) is 0 Å². The molecule has 0 bridgehead atoms. The van der Waals surface area contributed by atoms with Gasteiger partial charge in [-0.1, -0.05) is 117 Å². The second-order valence-electron chi connectivity index (χ2n) is 11.2. The van der Waals surface area contributed by atoms with Gasteiger partial charge in [0.25, 0.3) is 0 Å². The average molecular weight is 389 g/mol. The van der Waals surface area contributed by atoms with Gasteiger partial charge < -0.3 is 0 Å². The van der Waals surface area contributed by atoms with Crippen LogP contribution in [0.5, 0.6) is 0 Å². The molecule has 0 amide bonds. The van der Waals surface area contributed by atoms with Crippen LogP contribution in [0.3, 0.4) is 0 Å². The molecule has 28 heavy (non-hydrogen) atoms. The standard InChI is InChI=1S/C28H52/c1-3-5-9-14-23-19-20-25-16-10-7-6-8-11-17-26(22-27(25)21-23)28-18-13-12-15-24(28)4-2/h23-28H,3-22H2,1-2H3. The summed E-state index contributed by atoms with van der Waals surface area (Å²) in [4.78, 5) is 0. The van der Waals surface area contributed by atoms with Crippen LogP contribution < -0.4 is 0 Å². The van der Waals surface area contributed by atoms with Crippen molar-refractivity contribution in [1.82, 2.24) is 0 Å². The molecule has 0 heteroatoms. The second-order valence-corrected chi connectivity index (χ2v) is 11.2. The summed E-state index contributed by atoms with van der Waals surface area (Å²) in [5.74, 6) is 6.47. The summed E-state index contributed by atoms with van der Waals surface area (Å²) in [6.07, 6.45) is 30.7. The summed E-state index contributed by atoms with van der Waals surface area (Å²) in [5, 5.41) is 0. The molecular weight excluding hydrogens is 336 g/mol. The first-order chi connectivity index (χ1) is 13.8. The van der Waals surface area contributed by atoms with E-state index >= 15 is 0 Å². The Bertz CT molecular complexity index is 399. The van der Waals surface area contributed by atoms with E-state index in [0.29, 0.717) is 0 Å². The third-order valence-electron chi connectivity index (χ3n) is 9.32. The van der Waals surface area contributed by atoms with Gasteiger partial charge >= 0.3 is 0 Å². The third kappa shape index (κ3) is 6.77. The van der Waals surface area contributed by atoms with Crippen LogP contribution in [0.1, 0.15) is 142 Å². The lowest BCUT2D eigenvalue weighted by molar-refractivity contribution is 0.0815. The van der Waals surface area contributed by atoms with Gasteiger partial charge in [0.1, 0.15) is 0 Å². The van der Waals surface area contributed by atoms with Crippen LogP contribution in [-0.4, -0.2) is 0 Å². The molecule has 0 aromatic carbocycles. The van der Waals surface area contributed by atoms with Crippen molar-refractivity contribution in [2.45, 2.75) is 142 Å². The van der Waals surface area contributed by atoms with Gasteiger partial charge in [-0.2, -0.15) is 0 Å². The van der Waals surface area contributed by atoms with Crippen molar-refractivity contribution in [3.05, 3.63) is 0 Å². The molecule has 3 aliphatic carbocycles. The van der Waals surface area contributed by atoms with Gasteiger partial charge in [0.15, 0.2) is 0 Å². The predicted octanol–water partition coefficient (Wildman–Crippen LogP) is 9.57. The lowest BCUT2D eigenvalue weighted by Gasteiger charge is -2.42. The van der Waals surface area contributed by atoms with E-state index in [1.165, 1.54) is 70.6 Å². The van der Waals surface area contributed by atoms with E-state index < -0.39 is 0 Å². The maximum Gasteiger partial charge on any atom is -0.0357 e. The average Bonchev–Trinajstić information content (AvgIpc) is 2.77. The van der Waals surface area contributed by atoms with Crippen molar-refractivity contribution in [2.24, 2.45) is 35.5 Å². The molecule has 0 nitrogen and oxygen atoms in total. The molecule has 0 saturated heterocycles. The maximum atomic E-state index is 2.49. The van der Waals surface area contributed by atoms with E-state index in [9.17, 15) is 0 Å². The Morgan fingerprint density at radius 1 is 0.571 bits per heavy atom. The number of rotatable bonds is 6. The SMILES string of the molecule is CCCCCC1CCC2CCCCCCCC(C3CCCCC3CC)CC2C1. The van der Waals surface area contributed by atoms with E-state index in [4.69, 9.17) is 0 Å². The van der Waals surface area contributed by atoms with Crippen molar-refractivity contribution >= 4 is 0 Å². The molecule has 0 aliphatic heterocycles. The van der Waals surface area contributed by atoms with E-state index in [1.54, 1.807) is 57.8 Å². The van der Waals surface area contributed by atoms with Gasteiger partial charge in [-0.15, -0.1) is 0 Å². The Morgan fingerprint density at radius 3 is 2.07 bits per heavy atom. The molecule has 0 aromatic rings. The van der Waals surface area contributed by atoms with E-state index in [1.807, 2.05) is 0 Å². The van der Waals surface area contributed by atoms with Gasteiger partial charge in [0.2, 0.25) is 0 Å². The van der Waals surface area contributed by atoms with Gasteiger partial charge in [-0.25, -0.2) is 0 Å². The summed E-state index contributed by atoms with van der Waals surface area (Å²) >= 11 is 0. The topological polar surface area (TPSA) is 0 Å². The minimum atomic E-state index is 1.06. The van der Waals surface area contributed by atoms with Crippen LogP contribution >= 0.6 is 0 Å². The van der Waals surface area contributed by atoms with E-state index in [-0.39, 0.29) is 0 Å². The Kier molecular flexibility index (Phi) is 10.2. The minimum absolute atomic E-state index is 1.06. The Labute approximate surface area is 178 Å². The molecule has 3 rings (SSSR count). The molecule has 0 aromatic heterocycles. The summed E-state index contributed by atoms with van der Waals surface area (Å²) < 4.78 is 0. The van der Waals surface area contributed by atoms with Crippen molar-refractivity contribution in [3.8, 4) is 0 Å². The fourth-order valence-electron chi connectivity index (χ4n) is 7.64. The summed E-state index contributed by atoms with van der Waals surface area (Å²) in [5.41, 5.74) is 0. The highest BCUT2D eigenvalue weighted by atomic mass is 14.4. The predicted molar refractivity (Wildman–Crippen MR) is 125 cm³/mol. The molecule has 6 unspecified atom stereocenters. The Morgan fingerprint density at radius 2 is 1.29 bits per heavy atom. The molecule has 0 spiro atoms. The summed E-state index contributed by atoms with van der Waals surface area (Å²) in [7, 11) is 0. The third-order valence-corrected chi connectivity index (χ3v) is 9.32. The Balaban J connectivity index is 1.66. The fourth-order valence-corrected chi connectivity index (χ4v) is 7.64. The van der Waals surface area contributed by atoms with E-state index in [0.717, 1.165) is 35.5 Å². The minimum Gasteiger partial charge on any atom is -0.0654 e. The molecule has 0 N–H and O–H groups in total. The van der Waals surface area contributed by atoms with Gasteiger partial charge in [0.05, 0.1) is 0 Å². The highest BCUT2D eigenvalue weighted by molar-refractivity contribution is 4.87. The second kappa shape index (κ2) is 12.6. The lowest BCUT2D eigenvalue weighted by Crippen LogP contribution is -2.32. The summed E-state index contributed by atoms with van der Waals surface area (Å²) in [6, 6.07) is 0. The number of fused-ring (bicyclic) bond motifs is 1. The van der Waals surface area contributed by atoms with E-state index in [2.05, 4.69) is 13.8 Å². The molecule has 3 aliphatic rings. The quantitative estimate of drug-likeness (QED) is 0.397. The van der Waals surface area contributed by atoms with Crippen LogP contribution in [0.25, 0.3) is 0 Å². The monoisotopic (exact) mass is 388 g/mol. The van der Waals surface area contributed by atoms with Gasteiger partial charge in [-0.05, 0) is 61.2 Å². The number of unbranched alkanes of at least 4 members (excludes halogenated alkanes) is 2. The molecule has 0 radical (unpaired) electrons. The molecular formula is C28H52. The van der Waals surface area contributed by atoms with Crippen LogP contribution in [0.2, 0.25) is 0 Å². The molecule has 0 heterocycles. The first-order valence-electron chi connectivity index (χ1n) is 13.8. The Hall–Kier alpha value is 0. The highest BCUT2D eigenvalue weighted by Crippen LogP contribution is 2.47. The van der Waals surface area contributed by atoms with Crippen LogP contribution in [0.15, 0.2) is 0 Å². The van der Waals surface area contributed by atoms with Gasteiger partial charge in [-0.3, -0.25) is 0 Å². The van der Waals surface area contributed by atoms with Crippen molar-refractivity contribution in [1.29, 1.82) is 0 Å². The van der Waals surface area contributed by atoms with Crippen LogP contribution in [-0.2, 0) is 0 Å². The number of hydrogen-bond acceptors (Lipinski definition) is 0. The van der Waals surface area contributed by atoms with Crippen molar-refractivity contribution < 1.29 is 0 Å². The molecule has 6 atom stereocenters. The first kappa shape index (κ1) is 22.7. The highest BCUT2D eigenvalue weighted by Gasteiger charge is 2.36. The zero-order chi connectivity index (χ0) is 19.6. The van der Waals surface area contributed by atoms with Crippen molar-refractivity contribution in [3.63, 3.8) is 0 Å².